The van der Waals surface area contributed by atoms with E-state index in [4.69, 9.17) is 24.5 Å². The summed E-state index contributed by atoms with van der Waals surface area (Å²) < 4.78 is 14.5. The van der Waals surface area contributed by atoms with Crippen molar-refractivity contribution in [1.29, 1.82) is 0 Å². The molecule has 315 valence electrons. The van der Waals surface area contributed by atoms with Gasteiger partial charge in [-0.1, -0.05) is 70.9 Å². The van der Waals surface area contributed by atoms with E-state index in [1.807, 2.05) is 54.6 Å². The second kappa shape index (κ2) is 24.0. The van der Waals surface area contributed by atoms with E-state index in [1.54, 1.807) is 96.3 Å². The van der Waals surface area contributed by atoms with Crippen LogP contribution in [0, 0.1) is 11.8 Å². The van der Waals surface area contributed by atoms with Crippen molar-refractivity contribution in [3.05, 3.63) is 107 Å². The Labute approximate surface area is 363 Å². The number of nitrogens with zero attached hydrogens (tertiary/aromatic N) is 3. The summed E-state index contributed by atoms with van der Waals surface area (Å²) in [4.78, 5) is 9.29. The number of ether oxygens (including phenoxy) is 2. The van der Waals surface area contributed by atoms with Gasteiger partial charge in [-0.15, -0.1) is 0 Å². The van der Waals surface area contributed by atoms with Crippen LogP contribution in [0.4, 0.5) is 0 Å². The molecular weight excluding hydrogens is 842 g/mol. The molecule has 5 nitrogen and oxygen atoms in total. The normalized spacial score (nSPS) is 23.8. The maximum absolute atomic E-state index is 5.73. The first-order valence-electron chi connectivity index (χ1n) is 22.5. The fraction of sp³-hybridized carbons (Fsp3) is 0.580. The van der Waals surface area contributed by atoms with Crippen LogP contribution in [0.5, 0.6) is 0 Å². The summed E-state index contributed by atoms with van der Waals surface area (Å²) in [5.41, 5.74) is 11.0. The zero-order valence-corrected chi connectivity index (χ0v) is 39.0. The number of halogens is 1. The number of rotatable bonds is 9. The molecule has 3 atom stereocenters. The molecule has 3 heterocycles. The summed E-state index contributed by atoms with van der Waals surface area (Å²) in [6.07, 6.45) is 29.7. The van der Waals surface area contributed by atoms with E-state index in [2.05, 4.69) is 71.9 Å². The monoisotopic (exact) mass is 910 g/mol. The van der Waals surface area contributed by atoms with Crippen LogP contribution in [-0.2, 0) is 25.2 Å². The molecule has 58 heavy (non-hydrogen) atoms. The van der Waals surface area contributed by atoms with Gasteiger partial charge in [0.15, 0.2) is 11.8 Å². The number of hydrogen-bond donors (Lipinski definition) is 0. The molecule has 3 saturated carbocycles. The third kappa shape index (κ3) is 13.2. The van der Waals surface area contributed by atoms with Gasteiger partial charge in [-0.3, -0.25) is 0 Å². The predicted molar refractivity (Wildman–Crippen MR) is 247 cm³/mol. The van der Waals surface area contributed by atoms with E-state index in [0.29, 0.717) is 36.8 Å². The molecule has 3 aliphatic carbocycles. The van der Waals surface area contributed by atoms with Crippen molar-refractivity contribution < 1.29 is 25.2 Å². The van der Waals surface area contributed by atoms with Crippen molar-refractivity contribution in [2.75, 3.05) is 13.2 Å². The van der Waals surface area contributed by atoms with Crippen LogP contribution in [0.1, 0.15) is 135 Å². The minimum absolute atomic E-state index is 0.0465. The van der Waals surface area contributed by atoms with Crippen LogP contribution in [0.25, 0.3) is 10.9 Å². The first kappa shape index (κ1) is 45.0. The van der Waals surface area contributed by atoms with E-state index in [1.165, 1.54) is 17.0 Å². The van der Waals surface area contributed by atoms with Crippen molar-refractivity contribution in [3.8, 4) is 0 Å². The van der Waals surface area contributed by atoms with Crippen LogP contribution in [0.2, 0.25) is 0 Å². The van der Waals surface area contributed by atoms with Crippen LogP contribution < -0.4 is 0 Å². The summed E-state index contributed by atoms with van der Waals surface area (Å²) in [6, 6.07) is 20.7. The molecule has 0 N–H and O–H groups in total. The summed E-state index contributed by atoms with van der Waals surface area (Å²) in [5, 5.41) is 4.70. The summed E-state index contributed by atoms with van der Waals surface area (Å²) in [5.74, 6) is 2.31. The van der Waals surface area contributed by atoms with Gasteiger partial charge in [0, 0.05) is 7.92 Å². The van der Waals surface area contributed by atoms with Crippen molar-refractivity contribution in [2.45, 2.75) is 159 Å². The maximum atomic E-state index is 5.73. The van der Waals surface area contributed by atoms with Crippen LogP contribution in [-0.4, -0.2) is 64.4 Å². The molecular formula is C50H68ClN3O2PRu. The Kier molecular flexibility index (Phi) is 18.6. The van der Waals surface area contributed by atoms with E-state index in [-0.39, 0.29) is 41.7 Å². The van der Waals surface area contributed by atoms with Gasteiger partial charge in [-0.25, -0.2) is 9.98 Å². The van der Waals surface area contributed by atoms with Gasteiger partial charge in [0.1, 0.15) is 13.2 Å². The van der Waals surface area contributed by atoms with Gasteiger partial charge in [0.2, 0.25) is 0 Å². The number of aliphatic imine (C=N–C) groups is 2. The fourth-order valence-electron chi connectivity index (χ4n) is 9.42. The average molecular weight is 911 g/mol. The third-order valence-electron chi connectivity index (χ3n) is 12.8. The molecule has 3 fully saturated rings. The molecule has 6 aliphatic rings. The Morgan fingerprint density at radius 3 is 1.62 bits per heavy atom. The second-order valence-electron chi connectivity index (χ2n) is 17.5. The molecule has 2 aromatic carbocycles. The predicted octanol–water partition coefficient (Wildman–Crippen LogP) is 13.2. The zero-order chi connectivity index (χ0) is 40.5. The molecule has 8 heteroatoms. The Morgan fingerprint density at radius 1 is 0.690 bits per heavy atom. The summed E-state index contributed by atoms with van der Waals surface area (Å²) in [7, 11) is 5.68. The molecule has 3 aliphatic heterocycles. The Morgan fingerprint density at radius 2 is 1.17 bits per heavy atom. The van der Waals surface area contributed by atoms with Crippen molar-refractivity contribution in [2.24, 2.45) is 21.8 Å². The number of allylic oxidation sites excluding steroid dienone is 2. The van der Waals surface area contributed by atoms with Gasteiger partial charge in [0.25, 0.3) is 0 Å². The van der Waals surface area contributed by atoms with Gasteiger partial charge in [-0.05, 0) is 94.9 Å². The molecule has 0 saturated heterocycles. The van der Waals surface area contributed by atoms with Crippen molar-refractivity contribution >= 4 is 39.2 Å². The first-order chi connectivity index (χ1) is 28.4. The zero-order valence-electron chi connectivity index (χ0n) is 35.5. The Hall–Kier alpha value is -2.57. The molecule has 3 unspecified atom stereocenters. The number of benzene rings is 2. The van der Waals surface area contributed by atoms with Gasteiger partial charge in [0.05, 0.1) is 29.1 Å². The quantitative estimate of drug-likeness (QED) is 0.143. The SMILES string of the molecule is C1CCC([PH+](C2CCCCC2)C2CCCCC2)CC1.CC(C)C1COC(C2=CC=CC(C3=NC(C(C)C)CO3)[N-]2)=N1.[Cl][Ru]=[C]=C=C(c1ccccc1)c1ccccc1. The van der Waals surface area contributed by atoms with Crippen molar-refractivity contribution in [3.63, 3.8) is 0 Å². The standard InChI is InChI=1S/C18H33P.C17H24N3O2.C15H10.ClH.Ru/c1-4-10-16(11-5-1)19(17-12-6-2-7-13-17)18-14-8-3-9-15-18;1-10(2)14-8-21-16(19-14)12-6-5-7-13(18-12)17-20-15(9-22-17)11(3)4;1-2-15(13-9-5-3-6-10-13)14-11-7-4-8-12-14;;/h16-18H,1-15H2;5-7,10-12,14-15H,8-9H2,1-4H3;3-12H;1H;/q;-1;;;+1. The van der Waals surface area contributed by atoms with E-state index in [0.717, 1.165) is 22.4 Å². The minimum atomic E-state index is -0.362. The second-order valence-corrected chi connectivity index (χ2v) is 22.6. The van der Waals surface area contributed by atoms with Crippen molar-refractivity contribution in [1.82, 2.24) is 0 Å². The number of hydrogen-bond acceptors (Lipinski definition) is 4. The van der Waals surface area contributed by atoms with E-state index in [9.17, 15) is 0 Å². The topological polar surface area (TPSA) is 57.3 Å². The molecule has 8 rings (SSSR count). The Balaban J connectivity index is 0.000000148. The third-order valence-corrected chi connectivity index (χ3v) is 18.1. The molecule has 0 radical (unpaired) electrons. The Bertz CT molecular complexity index is 1690. The molecule has 0 amide bonds. The van der Waals surface area contributed by atoms with Crippen LogP contribution in [0.3, 0.4) is 0 Å². The van der Waals surface area contributed by atoms with E-state index >= 15 is 0 Å². The summed E-state index contributed by atoms with van der Waals surface area (Å²) >= 11 is -0.362. The van der Waals surface area contributed by atoms with Gasteiger partial charge in [-0.2, -0.15) is 0 Å². The first-order valence-corrected chi connectivity index (χ1v) is 27.3. The summed E-state index contributed by atoms with van der Waals surface area (Å²) in [6.45, 7) is 9.92. The fourth-order valence-corrected chi connectivity index (χ4v) is 15.1. The van der Waals surface area contributed by atoms with Crippen LogP contribution in [0.15, 0.2) is 100 Å². The molecule has 0 bridgehead atoms. The molecule has 0 spiro atoms. The van der Waals surface area contributed by atoms with Gasteiger partial charge >= 0.3 is 113 Å². The van der Waals surface area contributed by atoms with Gasteiger partial charge < -0.3 is 14.8 Å². The average Bonchev–Trinajstić information content (AvgIpc) is 3.99. The van der Waals surface area contributed by atoms with Crippen LogP contribution >= 0.6 is 17.6 Å². The molecule has 0 aromatic heterocycles. The van der Waals surface area contributed by atoms with E-state index < -0.39 is 0 Å². The molecule has 2 aromatic rings.